The van der Waals surface area contributed by atoms with Crippen LogP contribution in [0.3, 0.4) is 0 Å². The molecule has 0 bridgehead atoms. The number of hydrogen-bond acceptors (Lipinski definition) is 3. The summed E-state index contributed by atoms with van der Waals surface area (Å²) in [5.41, 5.74) is 6.53. The Bertz CT molecular complexity index is 316. The normalized spacial score (nSPS) is 11.2. The molecule has 0 aliphatic rings. The Morgan fingerprint density at radius 2 is 1.79 bits per heavy atom. The van der Waals surface area contributed by atoms with Crippen molar-refractivity contribution < 1.29 is 9.47 Å². The van der Waals surface area contributed by atoms with E-state index >= 15 is 0 Å². The topological polar surface area (TPSA) is 44.5 Å². The summed E-state index contributed by atoms with van der Waals surface area (Å²) >= 11 is 0. The van der Waals surface area contributed by atoms with Gasteiger partial charge in [0.1, 0.15) is 0 Å². The van der Waals surface area contributed by atoms with Crippen LogP contribution in [0.25, 0.3) is 0 Å². The maximum absolute atomic E-state index is 6.02. The summed E-state index contributed by atoms with van der Waals surface area (Å²) in [7, 11) is 3.23. The van der Waals surface area contributed by atoms with Gasteiger partial charge in [0.15, 0.2) is 11.5 Å². The first-order chi connectivity index (χ1) is 6.50. The highest BCUT2D eigenvalue weighted by molar-refractivity contribution is 5.49. The third-order valence-electron chi connectivity index (χ3n) is 2.10. The van der Waals surface area contributed by atoms with Crippen molar-refractivity contribution >= 4 is 0 Å². The molecule has 0 saturated heterocycles. The molecule has 3 nitrogen and oxygen atoms in total. The second-order valence-electron chi connectivity index (χ2n) is 3.76. The second kappa shape index (κ2) is 3.88. The number of ether oxygens (including phenoxy) is 2. The lowest BCUT2D eigenvalue weighted by atomic mass is 9.94. The van der Waals surface area contributed by atoms with Gasteiger partial charge in [-0.2, -0.15) is 0 Å². The van der Waals surface area contributed by atoms with Gasteiger partial charge in [-0.05, 0) is 19.9 Å². The fraction of sp³-hybridized carbons (Fsp3) is 0.455. The van der Waals surface area contributed by atoms with Crippen LogP contribution in [-0.2, 0) is 5.54 Å². The van der Waals surface area contributed by atoms with Gasteiger partial charge in [0, 0.05) is 11.1 Å². The van der Waals surface area contributed by atoms with E-state index in [9.17, 15) is 0 Å². The number of benzene rings is 1. The van der Waals surface area contributed by atoms with E-state index < -0.39 is 5.54 Å². The Kier molecular flexibility index (Phi) is 3.01. The molecule has 1 aromatic carbocycles. The van der Waals surface area contributed by atoms with Gasteiger partial charge in [-0.15, -0.1) is 0 Å². The van der Waals surface area contributed by atoms with Crippen molar-refractivity contribution in [2.24, 2.45) is 5.73 Å². The van der Waals surface area contributed by atoms with E-state index in [4.69, 9.17) is 15.2 Å². The Morgan fingerprint density at radius 3 is 2.21 bits per heavy atom. The van der Waals surface area contributed by atoms with Gasteiger partial charge >= 0.3 is 0 Å². The zero-order valence-electron chi connectivity index (χ0n) is 9.13. The van der Waals surface area contributed by atoms with Crippen molar-refractivity contribution in [3.8, 4) is 11.5 Å². The van der Waals surface area contributed by atoms with Gasteiger partial charge in [0.25, 0.3) is 0 Å². The highest BCUT2D eigenvalue weighted by Gasteiger charge is 2.21. The van der Waals surface area contributed by atoms with Crippen molar-refractivity contribution in [2.45, 2.75) is 19.4 Å². The van der Waals surface area contributed by atoms with E-state index in [0.717, 1.165) is 5.56 Å². The lowest BCUT2D eigenvalue weighted by Gasteiger charge is -2.23. The van der Waals surface area contributed by atoms with E-state index in [-0.39, 0.29) is 0 Å². The summed E-state index contributed by atoms with van der Waals surface area (Å²) in [6, 6.07) is 5.71. The number of hydrogen-bond donors (Lipinski definition) is 1. The van der Waals surface area contributed by atoms with E-state index in [1.54, 1.807) is 14.2 Å². The second-order valence-corrected chi connectivity index (χ2v) is 3.76. The Morgan fingerprint density at radius 1 is 1.14 bits per heavy atom. The van der Waals surface area contributed by atoms with Gasteiger partial charge in [0.2, 0.25) is 0 Å². The lowest BCUT2D eigenvalue weighted by molar-refractivity contribution is 0.343. The molecule has 0 unspecified atom stereocenters. The van der Waals surface area contributed by atoms with Crippen LogP contribution in [0.15, 0.2) is 18.2 Å². The molecule has 0 saturated carbocycles. The summed E-state index contributed by atoms with van der Waals surface area (Å²) in [5.74, 6) is 1.42. The minimum atomic E-state index is -0.431. The highest BCUT2D eigenvalue weighted by atomic mass is 16.5. The van der Waals surface area contributed by atoms with E-state index in [0.29, 0.717) is 11.5 Å². The number of para-hydroxylation sites is 1. The predicted molar refractivity (Wildman–Crippen MR) is 56.8 cm³/mol. The molecule has 0 aromatic heterocycles. The third-order valence-corrected chi connectivity index (χ3v) is 2.10. The van der Waals surface area contributed by atoms with Gasteiger partial charge < -0.3 is 15.2 Å². The fourth-order valence-corrected chi connectivity index (χ4v) is 1.39. The summed E-state index contributed by atoms with van der Waals surface area (Å²) < 4.78 is 10.5. The Labute approximate surface area is 84.8 Å². The zero-order valence-corrected chi connectivity index (χ0v) is 9.13. The Hall–Kier alpha value is -1.22. The molecule has 0 radical (unpaired) electrons. The molecule has 78 valence electrons. The first-order valence-electron chi connectivity index (χ1n) is 4.51. The molecule has 2 N–H and O–H groups in total. The third kappa shape index (κ3) is 1.99. The fourth-order valence-electron chi connectivity index (χ4n) is 1.39. The minimum absolute atomic E-state index is 0.431. The molecule has 0 heterocycles. The average molecular weight is 195 g/mol. The smallest absolute Gasteiger partial charge is 0.165 e. The Balaban J connectivity index is 3.29. The molecule has 0 atom stereocenters. The van der Waals surface area contributed by atoms with Crippen molar-refractivity contribution in [2.75, 3.05) is 14.2 Å². The predicted octanol–water partition coefficient (Wildman–Crippen LogP) is 1.90. The summed E-state index contributed by atoms with van der Waals surface area (Å²) in [6.07, 6.45) is 0. The average Bonchev–Trinajstić information content (AvgIpc) is 2.15. The van der Waals surface area contributed by atoms with Crippen LogP contribution in [0.4, 0.5) is 0 Å². The maximum atomic E-state index is 6.02. The molecule has 0 aliphatic carbocycles. The van der Waals surface area contributed by atoms with Crippen molar-refractivity contribution in [3.05, 3.63) is 23.8 Å². The largest absolute Gasteiger partial charge is 0.493 e. The first-order valence-corrected chi connectivity index (χ1v) is 4.51. The number of nitrogens with two attached hydrogens (primary N) is 1. The quantitative estimate of drug-likeness (QED) is 0.801. The van der Waals surface area contributed by atoms with Crippen molar-refractivity contribution in [3.63, 3.8) is 0 Å². The van der Waals surface area contributed by atoms with Crippen LogP contribution in [-0.4, -0.2) is 14.2 Å². The lowest BCUT2D eigenvalue weighted by Crippen LogP contribution is -2.29. The SMILES string of the molecule is COc1cccc(C(C)(C)N)c1OC. The van der Waals surface area contributed by atoms with Crippen molar-refractivity contribution in [1.29, 1.82) is 0 Å². The summed E-state index contributed by atoms with van der Waals surface area (Å²) in [5, 5.41) is 0. The van der Waals surface area contributed by atoms with Gasteiger partial charge in [-0.3, -0.25) is 0 Å². The van der Waals surface area contributed by atoms with Gasteiger partial charge in [-0.25, -0.2) is 0 Å². The molecule has 0 spiro atoms. The molecular weight excluding hydrogens is 178 g/mol. The minimum Gasteiger partial charge on any atom is -0.493 e. The molecule has 0 amide bonds. The summed E-state index contributed by atoms with van der Waals surface area (Å²) in [6.45, 7) is 3.87. The number of methoxy groups -OCH3 is 2. The molecule has 0 aliphatic heterocycles. The van der Waals surface area contributed by atoms with Crippen molar-refractivity contribution in [1.82, 2.24) is 0 Å². The van der Waals surface area contributed by atoms with Gasteiger partial charge in [-0.1, -0.05) is 12.1 Å². The zero-order chi connectivity index (χ0) is 10.8. The molecule has 14 heavy (non-hydrogen) atoms. The summed E-state index contributed by atoms with van der Waals surface area (Å²) in [4.78, 5) is 0. The maximum Gasteiger partial charge on any atom is 0.165 e. The van der Waals surface area contributed by atoms with Crippen LogP contribution in [0.5, 0.6) is 11.5 Å². The molecule has 3 heteroatoms. The van der Waals surface area contributed by atoms with Crippen LogP contribution in [0.1, 0.15) is 19.4 Å². The highest BCUT2D eigenvalue weighted by Crippen LogP contribution is 2.35. The molecule has 0 fully saturated rings. The van der Waals surface area contributed by atoms with Gasteiger partial charge in [0.05, 0.1) is 14.2 Å². The van der Waals surface area contributed by atoms with E-state index in [1.807, 2.05) is 32.0 Å². The van der Waals surface area contributed by atoms with Crippen LogP contribution >= 0.6 is 0 Å². The molecule has 1 aromatic rings. The van der Waals surface area contributed by atoms with E-state index in [2.05, 4.69) is 0 Å². The molecule has 1 rings (SSSR count). The van der Waals surface area contributed by atoms with E-state index in [1.165, 1.54) is 0 Å². The van der Waals surface area contributed by atoms with Crippen LogP contribution in [0, 0.1) is 0 Å². The standard InChI is InChI=1S/C11H17NO2/c1-11(2,12)8-6-5-7-9(13-3)10(8)14-4/h5-7H,12H2,1-4H3. The number of rotatable bonds is 3. The van der Waals surface area contributed by atoms with Crippen LogP contribution < -0.4 is 15.2 Å². The molecular formula is C11H17NO2. The van der Waals surface area contributed by atoms with Crippen LogP contribution in [0.2, 0.25) is 0 Å². The monoisotopic (exact) mass is 195 g/mol. The first kappa shape index (κ1) is 10.9.